The molecule has 3 nitrogen and oxygen atoms in total. The van der Waals surface area contributed by atoms with E-state index in [0.29, 0.717) is 12.5 Å². The second kappa shape index (κ2) is 7.39. The SMILES string of the molecule is CC(C)(C)[Si](C)(C)OCC(O)C(N)CC1CCCCC1. The molecule has 4 heteroatoms. The van der Waals surface area contributed by atoms with Crippen LogP contribution in [0.2, 0.25) is 18.1 Å². The second-order valence-electron chi connectivity index (χ2n) is 8.04. The molecule has 0 spiro atoms. The van der Waals surface area contributed by atoms with Gasteiger partial charge in [-0.2, -0.15) is 0 Å². The van der Waals surface area contributed by atoms with Gasteiger partial charge in [-0.05, 0) is 30.5 Å². The summed E-state index contributed by atoms with van der Waals surface area (Å²) in [6, 6.07) is -0.136. The van der Waals surface area contributed by atoms with Gasteiger partial charge in [-0.25, -0.2) is 0 Å². The molecule has 0 heterocycles. The van der Waals surface area contributed by atoms with Gasteiger partial charge in [0.15, 0.2) is 8.32 Å². The molecule has 2 unspecified atom stereocenters. The van der Waals surface area contributed by atoms with E-state index in [9.17, 15) is 5.11 Å². The summed E-state index contributed by atoms with van der Waals surface area (Å²) >= 11 is 0. The van der Waals surface area contributed by atoms with Crippen molar-refractivity contribution in [2.24, 2.45) is 11.7 Å². The van der Waals surface area contributed by atoms with Crippen molar-refractivity contribution >= 4 is 8.32 Å². The summed E-state index contributed by atoms with van der Waals surface area (Å²) in [6.07, 6.45) is 7.01. The normalized spacial score (nSPS) is 21.8. The van der Waals surface area contributed by atoms with Crippen LogP contribution in [0.5, 0.6) is 0 Å². The van der Waals surface area contributed by atoms with E-state index in [2.05, 4.69) is 33.9 Å². The molecule has 1 aliphatic rings. The maximum Gasteiger partial charge on any atom is 0.192 e. The first-order valence-electron chi connectivity index (χ1n) is 8.21. The Hall–Kier alpha value is 0.0969. The van der Waals surface area contributed by atoms with Gasteiger partial charge in [-0.15, -0.1) is 0 Å². The minimum atomic E-state index is -1.78. The maximum atomic E-state index is 10.2. The predicted molar refractivity (Wildman–Crippen MR) is 88.3 cm³/mol. The average Bonchev–Trinajstić information content (AvgIpc) is 2.35. The molecule has 1 rings (SSSR count). The molecule has 0 aromatic heterocycles. The predicted octanol–water partition coefficient (Wildman–Crippen LogP) is 3.67. The van der Waals surface area contributed by atoms with Crippen molar-refractivity contribution in [2.45, 2.75) is 89.6 Å². The van der Waals surface area contributed by atoms with E-state index >= 15 is 0 Å². The van der Waals surface area contributed by atoms with Crippen molar-refractivity contribution in [3.63, 3.8) is 0 Å². The summed E-state index contributed by atoms with van der Waals surface area (Å²) < 4.78 is 6.07. The third-order valence-corrected chi connectivity index (χ3v) is 9.75. The van der Waals surface area contributed by atoms with Crippen LogP contribution in [-0.4, -0.2) is 32.2 Å². The van der Waals surface area contributed by atoms with Crippen LogP contribution in [0.25, 0.3) is 0 Å². The monoisotopic (exact) mass is 301 g/mol. The highest BCUT2D eigenvalue weighted by atomic mass is 28.4. The summed E-state index contributed by atoms with van der Waals surface area (Å²) in [5, 5.41) is 10.4. The zero-order valence-corrected chi connectivity index (χ0v) is 15.1. The van der Waals surface area contributed by atoms with Gasteiger partial charge in [-0.1, -0.05) is 52.9 Å². The lowest BCUT2D eigenvalue weighted by atomic mass is 9.84. The first-order chi connectivity index (χ1) is 9.13. The molecular formula is C16H35NO2Si. The molecular weight excluding hydrogens is 266 g/mol. The number of hydrogen-bond acceptors (Lipinski definition) is 3. The molecule has 0 aromatic rings. The molecule has 120 valence electrons. The fourth-order valence-corrected chi connectivity index (χ4v) is 3.62. The van der Waals surface area contributed by atoms with Crippen molar-refractivity contribution in [2.75, 3.05) is 6.61 Å². The van der Waals surface area contributed by atoms with Crippen LogP contribution in [0.4, 0.5) is 0 Å². The summed E-state index contributed by atoms with van der Waals surface area (Å²) in [5.74, 6) is 0.710. The van der Waals surface area contributed by atoms with Crippen LogP contribution in [0.3, 0.4) is 0 Å². The van der Waals surface area contributed by atoms with Crippen LogP contribution in [0.1, 0.15) is 59.3 Å². The zero-order chi connectivity index (χ0) is 15.4. The van der Waals surface area contributed by atoms with E-state index in [1.54, 1.807) is 0 Å². The molecule has 1 aliphatic carbocycles. The van der Waals surface area contributed by atoms with E-state index in [1.165, 1.54) is 32.1 Å². The van der Waals surface area contributed by atoms with Gasteiger partial charge in [0, 0.05) is 6.04 Å². The number of hydrogen-bond donors (Lipinski definition) is 2. The highest BCUT2D eigenvalue weighted by Gasteiger charge is 2.38. The fraction of sp³-hybridized carbons (Fsp3) is 1.00. The summed E-state index contributed by atoms with van der Waals surface area (Å²) in [7, 11) is -1.78. The van der Waals surface area contributed by atoms with Crippen LogP contribution in [-0.2, 0) is 4.43 Å². The fourth-order valence-electron chi connectivity index (χ4n) is 2.60. The number of nitrogens with two attached hydrogens (primary N) is 1. The van der Waals surface area contributed by atoms with Gasteiger partial charge >= 0.3 is 0 Å². The molecule has 0 bridgehead atoms. The molecule has 0 amide bonds. The Morgan fingerprint density at radius 3 is 2.25 bits per heavy atom. The quantitative estimate of drug-likeness (QED) is 0.736. The standard InChI is InChI=1S/C16H35NO2Si/c1-16(2,3)20(4,5)19-12-15(18)14(17)11-13-9-7-6-8-10-13/h13-15,18H,6-12,17H2,1-5H3. The zero-order valence-electron chi connectivity index (χ0n) is 14.1. The number of aliphatic hydroxyl groups is 1. The molecule has 3 N–H and O–H groups in total. The van der Waals surface area contributed by atoms with Crippen molar-refractivity contribution in [3.8, 4) is 0 Å². The van der Waals surface area contributed by atoms with E-state index in [1.807, 2.05) is 0 Å². The number of aliphatic hydroxyl groups excluding tert-OH is 1. The Morgan fingerprint density at radius 1 is 1.20 bits per heavy atom. The Balaban J connectivity index is 2.36. The van der Waals surface area contributed by atoms with Gasteiger partial charge in [0.1, 0.15) is 0 Å². The summed E-state index contributed by atoms with van der Waals surface area (Å²) in [6.45, 7) is 11.5. The minimum Gasteiger partial charge on any atom is -0.414 e. The third-order valence-electron chi connectivity index (χ3n) is 5.25. The Labute approximate surface area is 126 Å². The highest BCUT2D eigenvalue weighted by Crippen LogP contribution is 2.36. The second-order valence-corrected chi connectivity index (χ2v) is 12.9. The lowest BCUT2D eigenvalue weighted by Crippen LogP contribution is -2.46. The molecule has 1 fully saturated rings. The lowest BCUT2D eigenvalue weighted by Gasteiger charge is -2.37. The lowest BCUT2D eigenvalue weighted by molar-refractivity contribution is 0.0689. The van der Waals surface area contributed by atoms with Crippen molar-refractivity contribution in [1.82, 2.24) is 0 Å². The van der Waals surface area contributed by atoms with Crippen LogP contribution < -0.4 is 5.73 Å². The third kappa shape index (κ3) is 5.47. The minimum absolute atomic E-state index is 0.136. The molecule has 0 aliphatic heterocycles. The van der Waals surface area contributed by atoms with Gasteiger partial charge in [-0.3, -0.25) is 0 Å². The topological polar surface area (TPSA) is 55.5 Å². The molecule has 2 atom stereocenters. The number of rotatable bonds is 6. The van der Waals surface area contributed by atoms with Crippen LogP contribution in [0, 0.1) is 5.92 Å². The largest absolute Gasteiger partial charge is 0.414 e. The molecule has 1 saturated carbocycles. The smallest absolute Gasteiger partial charge is 0.192 e. The maximum absolute atomic E-state index is 10.2. The Morgan fingerprint density at radius 2 is 1.75 bits per heavy atom. The summed E-state index contributed by atoms with van der Waals surface area (Å²) in [5.41, 5.74) is 6.17. The first-order valence-corrected chi connectivity index (χ1v) is 11.1. The average molecular weight is 302 g/mol. The van der Waals surface area contributed by atoms with E-state index in [0.717, 1.165) is 6.42 Å². The van der Waals surface area contributed by atoms with Gasteiger partial charge in [0.05, 0.1) is 12.7 Å². The van der Waals surface area contributed by atoms with Gasteiger partial charge < -0.3 is 15.3 Å². The molecule has 20 heavy (non-hydrogen) atoms. The Bertz CT molecular complexity index is 283. The van der Waals surface area contributed by atoms with Crippen LogP contribution in [0.15, 0.2) is 0 Å². The first kappa shape index (κ1) is 18.1. The van der Waals surface area contributed by atoms with Gasteiger partial charge in [0.2, 0.25) is 0 Å². The van der Waals surface area contributed by atoms with E-state index in [4.69, 9.17) is 10.2 Å². The Kier molecular flexibility index (Phi) is 6.70. The van der Waals surface area contributed by atoms with Gasteiger partial charge in [0.25, 0.3) is 0 Å². The molecule has 0 radical (unpaired) electrons. The summed E-state index contributed by atoms with van der Waals surface area (Å²) in [4.78, 5) is 0. The van der Waals surface area contributed by atoms with E-state index < -0.39 is 14.4 Å². The highest BCUT2D eigenvalue weighted by molar-refractivity contribution is 6.74. The van der Waals surface area contributed by atoms with E-state index in [-0.39, 0.29) is 11.1 Å². The van der Waals surface area contributed by atoms with Crippen molar-refractivity contribution in [3.05, 3.63) is 0 Å². The molecule has 0 aromatic carbocycles. The molecule has 0 saturated heterocycles. The van der Waals surface area contributed by atoms with Crippen molar-refractivity contribution < 1.29 is 9.53 Å². The van der Waals surface area contributed by atoms with Crippen LogP contribution >= 0.6 is 0 Å². The van der Waals surface area contributed by atoms with Crippen molar-refractivity contribution in [1.29, 1.82) is 0 Å².